The molecule has 1 heterocycles. The zero-order chi connectivity index (χ0) is 12.2. The van der Waals surface area contributed by atoms with Crippen molar-refractivity contribution in [3.05, 3.63) is 36.4 Å². The van der Waals surface area contributed by atoms with E-state index in [4.69, 9.17) is 5.73 Å². The van der Waals surface area contributed by atoms with Gasteiger partial charge in [-0.3, -0.25) is 0 Å². The first kappa shape index (κ1) is 13.2. The van der Waals surface area contributed by atoms with Crippen LogP contribution in [0.3, 0.4) is 0 Å². The first-order chi connectivity index (χ1) is 7.33. The molecule has 16 heavy (non-hydrogen) atoms. The first-order valence-electron chi connectivity index (χ1n) is 5.88. The Morgan fingerprint density at radius 1 is 0.938 bits per heavy atom. The molecule has 0 spiro atoms. The molecule has 0 radical (unpaired) electrons. The molecule has 1 atom stereocenters. The van der Waals surface area contributed by atoms with Gasteiger partial charge in [0.25, 0.3) is 0 Å². The highest BCUT2D eigenvalue weighted by molar-refractivity contribution is 5.05. The molecule has 1 aliphatic rings. The standard InChI is InChI=1S/C8H18N2.C6H6/c1-7(2)5-6(9)8(3,4)10-7;1-2-4-6-5-3-1/h6,10H,5,9H2,1-4H3;1-6H. The first-order valence-corrected chi connectivity index (χ1v) is 5.88. The molecular formula is C14H24N2. The van der Waals surface area contributed by atoms with Crippen LogP contribution in [0.2, 0.25) is 0 Å². The quantitative estimate of drug-likeness (QED) is 0.705. The SMILES string of the molecule is CC1(C)CC(N)C(C)(C)N1.c1ccccc1. The lowest BCUT2D eigenvalue weighted by molar-refractivity contribution is 0.358. The van der Waals surface area contributed by atoms with E-state index in [-0.39, 0.29) is 11.1 Å². The highest BCUT2D eigenvalue weighted by Gasteiger charge is 2.41. The molecule has 0 amide bonds. The van der Waals surface area contributed by atoms with Gasteiger partial charge in [0.2, 0.25) is 0 Å². The minimum atomic E-state index is 0.115. The number of nitrogens with two attached hydrogens (primary N) is 1. The van der Waals surface area contributed by atoms with Crippen molar-refractivity contribution >= 4 is 0 Å². The van der Waals surface area contributed by atoms with E-state index in [1.165, 1.54) is 0 Å². The van der Waals surface area contributed by atoms with Crippen LogP contribution in [0.5, 0.6) is 0 Å². The summed E-state index contributed by atoms with van der Waals surface area (Å²) in [6.45, 7) is 8.71. The van der Waals surface area contributed by atoms with Crippen molar-refractivity contribution in [1.82, 2.24) is 5.32 Å². The van der Waals surface area contributed by atoms with Crippen molar-refractivity contribution in [2.75, 3.05) is 0 Å². The van der Waals surface area contributed by atoms with Crippen LogP contribution in [0.1, 0.15) is 34.1 Å². The lowest BCUT2D eigenvalue weighted by atomic mass is 9.95. The predicted molar refractivity (Wildman–Crippen MR) is 70.3 cm³/mol. The number of nitrogens with one attached hydrogen (secondary N) is 1. The Kier molecular flexibility index (Phi) is 4.11. The van der Waals surface area contributed by atoms with Gasteiger partial charge in [-0.1, -0.05) is 36.4 Å². The van der Waals surface area contributed by atoms with Crippen molar-refractivity contribution in [3.63, 3.8) is 0 Å². The van der Waals surface area contributed by atoms with Gasteiger partial charge in [-0.15, -0.1) is 0 Å². The summed E-state index contributed by atoms with van der Waals surface area (Å²) in [7, 11) is 0. The lowest BCUT2D eigenvalue weighted by Crippen LogP contribution is -2.48. The van der Waals surface area contributed by atoms with Crippen LogP contribution in [0.15, 0.2) is 36.4 Å². The van der Waals surface area contributed by atoms with Crippen molar-refractivity contribution in [2.45, 2.75) is 51.2 Å². The zero-order valence-electron chi connectivity index (χ0n) is 10.8. The molecule has 90 valence electrons. The van der Waals surface area contributed by atoms with Crippen molar-refractivity contribution in [3.8, 4) is 0 Å². The van der Waals surface area contributed by atoms with Crippen molar-refractivity contribution in [1.29, 1.82) is 0 Å². The Labute approximate surface area is 99.2 Å². The zero-order valence-corrected chi connectivity index (χ0v) is 10.8. The Hall–Kier alpha value is -0.860. The summed E-state index contributed by atoms with van der Waals surface area (Å²) in [5.41, 5.74) is 6.27. The number of rotatable bonds is 0. The fraction of sp³-hybridized carbons (Fsp3) is 0.571. The number of benzene rings is 1. The molecule has 0 bridgehead atoms. The molecule has 1 aliphatic heterocycles. The summed E-state index contributed by atoms with van der Waals surface area (Å²) in [4.78, 5) is 0. The maximum Gasteiger partial charge on any atom is 0.0281 e. The van der Waals surface area contributed by atoms with Gasteiger partial charge in [-0.2, -0.15) is 0 Å². The fourth-order valence-electron chi connectivity index (χ4n) is 2.21. The molecule has 2 heteroatoms. The molecular weight excluding hydrogens is 196 g/mol. The molecule has 0 saturated carbocycles. The topological polar surface area (TPSA) is 38.0 Å². The summed E-state index contributed by atoms with van der Waals surface area (Å²) >= 11 is 0. The summed E-state index contributed by atoms with van der Waals surface area (Å²) in [6.07, 6.45) is 1.07. The molecule has 3 N–H and O–H groups in total. The van der Waals surface area contributed by atoms with Crippen LogP contribution < -0.4 is 11.1 Å². The molecule has 1 unspecified atom stereocenters. The lowest BCUT2D eigenvalue weighted by Gasteiger charge is -2.26. The molecule has 1 saturated heterocycles. The highest BCUT2D eigenvalue weighted by Crippen LogP contribution is 2.28. The third kappa shape index (κ3) is 3.95. The smallest absolute Gasteiger partial charge is 0.0281 e. The van der Waals surface area contributed by atoms with Gasteiger partial charge in [0.1, 0.15) is 0 Å². The van der Waals surface area contributed by atoms with E-state index in [9.17, 15) is 0 Å². The molecule has 1 aromatic carbocycles. The number of hydrogen-bond donors (Lipinski definition) is 2. The van der Waals surface area contributed by atoms with E-state index in [1.54, 1.807) is 0 Å². The van der Waals surface area contributed by atoms with E-state index in [0.29, 0.717) is 6.04 Å². The number of hydrogen-bond acceptors (Lipinski definition) is 2. The third-order valence-electron chi connectivity index (χ3n) is 2.98. The van der Waals surface area contributed by atoms with E-state index < -0.39 is 0 Å². The highest BCUT2D eigenvalue weighted by atomic mass is 15.1. The summed E-state index contributed by atoms with van der Waals surface area (Å²) in [5, 5.41) is 3.49. The van der Waals surface area contributed by atoms with Crippen LogP contribution in [0, 0.1) is 0 Å². The van der Waals surface area contributed by atoms with E-state index in [1.807, 2.05) is 36.4 Å². The summed E-state index contributed by atoms with van der Waals surface area (Å²) in [6, 6.07) is 12.3. The molecule has 0 aliphatic carbocycles. The van der Waals surface area contributed by atoms with Crippen molar-refractivity contribution in [2.24, 2.45) is 5.73 Å². The summed E-state index contributed by atoms with van der Waals surface area (Å²) in [5.74, 6) is 0. The minimum Gasteiger partial charge on any atom is -0.326 e. The monoisotopic (exact) mass is 220 g/mol. The van der Waals surface area contributed by atoms with Gasteiger partial charge in [0.05, 0.1) is 0 Å². The normalized spacial score (nSPS) is 25.7. The average molecular weight is 220 g/mol. The second-order valence-electron chi connectivity index (χ2n) is 5.70. The Morgan fingerprint density at radius 2 is 1.31 bits per heavy atom. The van der Waals surface area contributed by atoms with Gasteiger partial charge in [-0.05, 0) is 34.1 Å². The van der Waals surface area contributed by atoms with Gasteiger partial charge < -0.3 is 11.1 Å². The minimum absolute atomic E-state index is 0.115. The summed E-state index contributed by atoms with van der Waals surface area (Å²) < 4.78 is 0. The Morgan fingerprint density at radius 3 is 1.44 bits per heavy atom. The fourth-order valence-corrected chi connectivity index (χ4v) is 2.21. The predicted octanol–water partition coefficient (Wildman–Crippen LogP) is 2.55. The van der Waals surface area contributed by atoms with Crippen LogP contribution in [0.25, 0.3) is 0 Å². The molecule has 1 fully saturated rings. The van der Waals surface area contributed by atoms with Gasteiger partial charge in [-0.25, -0.2) is 0 Å². The maximum atomic E-state index is 5.93. The Bertz CT molecular complexity index is 277. The van der Waals surface area contributed by atoms with Gasteiger partial charge in [0.15, 0.2) is 0 Å². The van der Waals surface area contributed by atoms with Crippen LogP contribution in [0.4, 0.5) is 0 Å². The molecule has 2 nitrogen and oxygen atoms in total. The van der Waals surface area contributed by atoms with Gasteiger partial charge >= 0.3 is 0 Å². The second kappa shape index (κ2) is 4.98. The molecule has 1 aromatic rings. The van der Waals surface area contributed by atoms with E-state index in [0.717, 1.165) is 6.42 Å². The van der Waals surface area contributed by atoms with Crippen LogP contribution in [-0.4, -0.2) is 17.1 Å². The maximum absolute atomic E-state index is 5.93. The second-order valence-corrected chi connectivity index (χ2v) is 5.70. The van der Waals surface area contributed by atoms with E-state index >= 15 is 0 Å². The van der Waals surface area contributed by atoms with Crippen LogP contribution in [-0.2, 0) is 0 Å². The largest absolute Gasteiger partial charge is 0.326 e. The molecule has 0 aromatic heterocycles. The Balaban J connectivity index is 0.000000181. The average Bonchev–Trinajstić information content (AvgIpc) is 2.37. The third-order valence-corrected chi connectivity index (χ3v) is 2.98. The van der Waals surface area contributed by atoms with Crippen LogP contribution >= 0.6 is 0 Å². The molecule has 2 rings (SSSR count). The van der Waals surface area contributed by atoms with Crippen molar-refractivity contribution < 1.29 is 0 Å². The van der Waals surface area contributed by atoms with Gasteiger partial charge in [0, 0.05) is 17.1 Å². The van der Waals surface area contributed by atoms with E-state index in [2.05, 4.69) is 33.0 Å².